The summed E-state index contributed by atoms with van der Waals surface area (Å²) in [7, 11) is -2.29. The first kappa shape index (κ1) is 12.0. The lowest BCUT2D eigenvalue weighted by Gasteiger charge is -2.29. The summed E-state index contributed by atoms with van der Waals surface area (Å²) < 4.78 is 13.5. The first-order chi connectivity index (χ1) is 8.43. The van der Waals surface area contributed by atoms with Crippen molar-refractivity contribution < 1.29 is 4.57 Å². The number of hydrogen-bond donors (Lipinski definition) is 0. The average Bonchev–Trinajstić information content (AvgIpc) is 2.68. The predicted octanol–water partition coefficient (Wildman–Crippen LogP) is 4.18. The van der Waals surface area contributed by atoms with Crippen molar-refractivity contribution in [2.24, 2.45) is 0 Å². The maximum Gasteiger partial charge on any atom is 0.121 e. The average molecular weight is 258 g/mol. The second-order valence-corrected chi connectivity index (χ2v) is 9.89. The highest BCUT2D eigenvalue weighted by Crippen LogP contribution is 2.61. The molecule has 0 radical (unpaired) electrons. The van der Waals surface area contributed by atoms with Crippen molar-refractivity contribution in [2.45, 2.75) is 32.3 Å². The van der Waals surface area contributed by atoms with E-state index in [1.165, 1.54) is 16.3 Å². The Hall–Kier alpha value is -1.07. The molecule has 2 aromatic carbocycles. The summed E-state index contributed by atoms with van der Waals surface area (Å²) in [5.74, 6) is 0. The van der Waals surface area contributed by atoms with E-state index in [1.807, 2.05) is 12.1 Å². The van der Waals surface area contributed by atoms with E-state index < -0.39 is 7.14 Å². The van der Waals surface area contributed by atoms with Gasteiger partial charge in [-0.15, -0.1) is 0 Å². The Morgan fingerprint density at radius 1 is 1.06 bits per heavy atom. The van der Waals surface area contributed by atoms with Gasteiger partial charge in [0.1, 0.15) is 7.14 Å². The molecule has 0 aliphatic carbocycles. The molecular weight excluding hydrogens is 239 g/mol. The van der Waals surface area contributed by atoms with Gasteiger partial charge >= 0.3 is 0 Å². The molecule has 0 aromatic heterocycles. The topological polar surface area (TPSA) is 17.1 Å². The van der Waals surface area contributed by atoms with Gasteiger partial charge in [0.2, 0.25) is 0 Å². The minimum Gasteiger partial charge on any atom is -0.318 e. The standard InChI is InChI=1S/C16H19OP/c1-16(2,3)18(17)11-10-13-9-8-12-6-4-5-7-14(12)15(13)18/h4-9H,10-11H2,1-3H3. The van der Waals surface area contributed by atoms with Gasteiger partial charge < -0.3 is 4.57 Å². The summed E-state index contributed by atoms with van der Waals surface area (Å²) in [6.07, 6.45) is 1.80. The molecule has 1 aliphatic heterocycles. The van der Waals surface area contributed by atoms with Crippen molar-refractivity contribution in [3.05, 3.63) is 42.0 Å². The number of benzene rings is 2. The highest BCUT2D eigenvalue weighted by molar-refractivity contribution is 7.74. The molecular formula is C16H19OP. The molecule has 0 fully saturated rings. The largest absolute Gasteiger partial charge is 0.318 e. The van der Waals surface area contributed by atoms with Crippen LogP contribution in [0.5, 0.6) is 0 Å². The van der Waals surface area contributed by atoms with E-state index in [2.05, 4.69) is 45.0 Å². The molecule has 0 saturated carbocycles. The van der Waals surface area contributed by atoms with Crippen LogP contribution < -0.4 is 5.30 Å². The first-order valence-electron chi connectivity index (χ1n) is 6.54. The maximum atomic E-state index is 13.5. The Kier molecular flexibility index (Phi) is 2.47. The Morgan fingerprint density at radius 2 is 1.78 bits per heavy atom. The van der Waals surface area contributed by atoms with E-state index in [-0.39, 0.29) is 5.16 Å². The highest BCUT2D eigenvalue weighted by atomic mass is 31.2. The summed E-state index contributed by atoms with van der Waals surface area (Å²) in [6, 6.07) is 12.7. The van der Waals surface area contributed by atoms with Gasteiger partial charge in [0.25, 0.3) is 0 Å². The van der Waals surface area contributed by atoms with Gasteiger partial charge in [-0.1, -0.05) is 57.2 Å². The predicted molar refractivity (Wildman–Crippen MR) is 79.5 cm³/mol. The minimum absolute atomic E-state index is 0.137. The van der Waals surface area contributed by atoms with Gasteiger partial charge in [0.15, 0.2) is 0 Å². The van der Waals surface area contributed by atoms with Gasteiger partial charge in [-0.05, 0) is 22.8 Å². The molecule has 1 heterocycles. The summed E-state index contributed by atoms with van der Waals surface area (Å²) in [5, 5.41) is 3.43. The van der Waals surface area contributed by atoms with Crippen LogP contribution in [-0.2, 0) is 11.0 Å². The van der Waals surface area contributed by atoms with Crippen LogP contribution in [0.1, 0.15) is 26.3 Å². The smallest absolute Gasteiger partial charge is 0.121 e. The van der Waals surface area contributed by atoms with Gasteiger partial charge in [-0.3, -0.25) is 0 Å². The molecule has 1 nitrogen and oxygen atoms in total. The second kappa shape index (κ2) is 3.71. The van der Waals surface area contributed by atoms with Crippen molar-refractivity contribution in [1.29, 1.82) is 0 Å². The van der Waals surface area contributed by atoms with E-state index in [0.29, 0.717) is 0 Å². The molecule has 0 spiro atoms. The van der Waals surface area contributed by atoms with E-state index >= 15 is 0 Å². The van der Waals surface area contributed by atoms with Crippen molar-refractivity contribution in [2.75, 3.05) is 6.16 Å². The molecule has 3 rings (SSSR count). The van der Waals surface area contributed by atoms with Gasteiger partial charge in [-0.25, -0.2) is 0 Å². The lowest BCUT2D eigenvalue weighted by Crippen LogP contribution is -2.22. The Bertz CT molecular complexity index is 664. The van der Waals surface area contributed by atoms with Crippen molar-refractivity contribution >= 4 is 23.2 Å². The van der Waals surface area contributed by atoms with Gasteiger partial charge in [0, 0.05) is 16.6 Å². The third kappa shape index (κ3) is 1.50. The molecule has 1 unspecified atom stereocenters. The van der Waals surface area contributed by atoms with Gasteiger partial charge in [0.05, 0.1) is 0 Å². The molecule has 1 atom stereocenters. The monoisotopic (exact) mass is 258 g/mol. The summed E-state index contributed by atoms with van der Waals surface area (Å²) in [4.78, 5) is 0. The molecule has 2 heteroatoms. The Balaban J connectivity index is 2.40. The normalized spacial score (nSPS) is 23.3. The molecule has 1 aliphatic rings. The third-order valence-electron chi connectivity index (χ3n) is 4.13. The summed E-state index contributed by atoms with van der Waals surface area (Å²) in [6.45, 7) is 6.35. The number of hydrogen-bond acceptors (Lipinski definition) is 1. The Morgan fingerprint density at radius 3 is 2.50 bits per heavy atom. The molecule has 94 valence electrons. The van der Waals surface area contributed by atoms with Crippen molar-refractivity contribution in [3.8, 4) is 0 Å². The van der Waals surface area contributed by atoms with Crippen LogP contribution in [0.4, 0.5) is 0 Å². The Labute approximate surface area is 109 Å². The van der Waals surface area contributed by atoms with Crippen LogP contribution in [0.3, 0.4) is 0 Å². The van der Waals surface area contributed by atoms with Crippen molar-refractivity contribution in [1.82, 2.24) is 0 Å². The third-order valence-corrected chi connectivity index (χ3v) is 8.40. The molecule has 18 heavy (non-hydrogen) atoms. The van der Waals surface area contributed by atoms with Crippen molar-refractivity contribution in [3.63, 3.8) is 0 Å². The molecule has 0 N–H and O–H groups in total. The van der Waals surface area contributed by atoms with E-state index in [0.717, 1.165) is 17.9 Å². The summed E-state index contributed by atoms with van der Waals surface area (Å²) in [5.41, 5.74) is 1.30. The zero-order chi connectivity index (χ0) is 13.0. The zero-order valence-corrected chi connectivity index (χ0v) is 12.1. The molecule has 0 amide bonds. The number of aryl methyl sites for hydroxylation is 1. The zero-order valence-electron chi connectivity index (χ0n) is 11.2. The molecule has 2 aromatic rings. The first-order valence-corrected chi connectivity index (χ1v) is 8.43. The fourth-order valence-electron chi connectivity index (χ4n) is 2.99. The van der Waals surface area contributed by atoms with E-state index in [4.69, 9.17) is 0 Å². The van der Waals surface area contributed by atoms with Crippen LogP contribution in [0.25, 0.3) is 10.8 Å². The van der Waals surface area contributed by atoms with Crippen LogP contribution in [-0.4, -0.2) is 11.3 Å². The lowest BCUT2D eigenvalue weighted by molar-refractivity contribution is 0.558. The van der Waals surface area contributed by atoms with Gasteiger partial charge in [-0.2, -0.15) is 0 Å². The van der Waals surface area contributed by atoms with Crippen LogP contribution >= 0.6 is 7.14 Å². The van der Waals surface area contributed by atoms with Crippen LogP contribution in [0.2, 0.25) is 0 Å². The maximum absolute atomic E-state index is 13.5. The lowest BCUT2D eigenvalue weighted by atomic mass is 10.1. The quantitative estimate of drug-likeness (QED) is 0.648. The SMILES string of the molecule is CC(C)(C)P1(=O)CCc2ccc3ccccc3c21. The number of rotatable bonds is 0. The van der Waals surface area contributed by atoms with Crippen LogP contribution in [0.15, 0.2) is 36.4 Å². The second-order valence-electron chi connectivity index (χ2n) is 6.18. The highest BCUT2D eigenvalue weighted by Gasteiger charge is 2.43. The fraction of sp³-hybridized carbons (Fsp3) is 0.375. The van der Waals surface area contributed by atoms with E-state index in [1.54, 1.807) is 0 Å². The number of fused-ring (bicyclic) bond motifs is 3. The van der Waals surface area contributed by atoms with E-state index in [9.17, 15) is 4.57 Å². The minimum atomic E-state index is -2.29. The molecule has 0 saturated heterocycles. The summed E-state index contributed by atoms with van der Waals surface area (Å²) >= 11 is 0. The molecule has 0 bridgehead atoms. The fourth-order valence-corrected chi connectivity index (χ4v) is 6.35. The van der Waals surface area contributed by atoms with Crippen LogP contribution in [0, 0.1) is 0 Å².